The first-order valence-corrected chi connectivity index (χ1v) is 26.9. The van der Waals surface area contributed by atoms with Crippen molar-refractivity contribution in [1.29, 1.82) is 0 Å². The lowest BCUT2D eigenvalue weighted by atomic mass is 10.1. The molecule has 3 saturated heterocycles. The molecule has 4 N–H and O–H groups in total. The van der Waals surface area contributed by atoms with Crippen molar-refractivity contribution >= 4 is 81.4 Å². The number of rotatable bonds is 11. The van der Waals surface area contributed by atoms with Crippen molar-refractivity contribution in [1.82, 2.24) is 14.9 Å². The van der Waals surface area contributed by atoms with Gasteiger partial charge in [0.05, 0.1) is 50.5 Å². The number of nitrogens with one attached hydrogen (secondary N) is 4. The van der Waals surface area contributed by atoms with Gasteiger partial charge < -0.3 is 44.6 Å². The van der Waals surface area contributed by atoms with Gasteiger partial charge in [-0.25, -0.2) is 0 Å². The summed E-state index contributed by atoms with van der Waals surface area (Å²) in [5.41, 5.74) is 7.80. The standard InChI is InChI=1S/C28H32N4O3S2.C23H22ClN3O2S2/c1-19-18-31(9-14-35-19)8-7-29-20-5-6-24-26(15-20)36-25-4-2-3-22(28(25)37-24)23-16-21(17-27(33)30-23)32-10-12-34-13-11-32;24-6-7-25-15-4-5-19-21(12-15)30-20-3-1-2-17(23(20)31-19)18-13-16(14-22(28)26-18)27-8-10-29-11-9-27/h2-6,15-17,19,29H,7-14,18H2,1H3,(H,30,33);1-5,12-14,25H,6-11H2,(H,26,28). The van der Waals surface area contributed by atoms with Crippen LogP contribution in [0, 0.1) is 0 Å². The second kappa shape index (κ2) is 22.1. The van der Waals surface area contributed by atoms with Gasteiger partial charge in [-0.2, -0.15) is 0 Å². The van der Waals surface area contributed by atoms with E-state index in [1.807, 2.05) is 0 Å². The third kappa shape index (κ3) is 11.2. The molecule has 7 heterocycles. The molecule has 11 rings (SSSR count). The van der Waals surface area contributed by atoms with Gasteiger partial charge in [-0.05, 0) is 67.6 Å². The molecule has 3 fully saturated rings. The van der Waals surface area contributed by atoms with Crippen LogP contribution in [0.2, 0.25) is 0 Å². The van der Waals surface area contributed by atoms with Crippen molar-refractivity contribution < 1.29 is 14.2 Å². The quantitative estimate of drug-likeness (QED) is 0.0919. The Balaban J connectivity index is 0.000000161. The molecule has 0 spiro atoms. The lowest BCUT2D eigenvalue weighted by molar-refractivity contribution is -0.0166. The van der Waals surface area contributed by atoms with E-state index in [1.165, 1.54) is 39.2 Å². The maximum atomic E-state index is 12.6. The monoisotopic (exact) mass is 1010 g/mol. The minimum atomic E-state index is -0.0829. The summed E-state index contributed by atoms with van der Waals surface area (Å²) >= 11 is 12.9. The van der Waals surface area contributed by atoms with E-state index in [-0.39, 0.29) is 11.1 Å². The van der Waals surface area contributed by atoms with Crippen LogP contribution in [-0.2, 0) is 14.2 Å². The first-order valence-electron chi connectivity index (χ1n) is 23.1. The van der Waals surface area contributed by atoms with Gasteiger partial charge in [0.25, 0.3) is 0 Å². The second-order valence-electron chi connectivity index (χ2n) is 17.0. The Hall–Kier alpha value is -4.49. The smallest absolute Gasteiger partial charge is 0.250 e. The molecule has 6 aromatic rings. The van der Waals surface area contributed by atoms with Crippen LogP contribution in [0.4, 0.5) is 22.7 Å². The molecule has 0 aliphatic carbocycles. The topological polar surface area (TPSA) is 127 Å². The number of anilines is 4. The lowest BCUT2D eigenvalue weighted by Crippen LogP contribution is -2.43. The SMILES string of the molecule is CC1CN(CCNc2ccc3c(c2)Sc2cccc(-c4cc(N5CCOCC5)cc(=O)[nH]4)c2S3)CCO1.O=c1cc(N2CCOCC2)cc(-c2cccc3c2Sc2ccc(NCCCl)cc2S3)[nH]1. The molecule has 0 saturated carbocycles. The highest BCUT2D eigenvalue weighted by Crippen LogP contribution is 2.53. The molecule has 0 radical (unpaired) electrons. The fourth-order valence-electron chi connectivity index (χ4n) is 8.85. The first kappa shape index (κ1) is 47.2. The van der Waals surface area contributed by atoms with Crippen molar-refractivity contribution in [3.63, 3.8) is 0 Å². The lowest BCUT2D eigenvalue weighted by Gasteiger charge is -2.31. The molecular weight excluding hydrogens is 954 g/mol. The van der Waals surface area contributed by atoms with Crippen LogP contribution in [0.5, 0.6) is 0 Å². The summed E-state index contributed by atoms with van der Waals surface area (Å²) in [6, 6.07) is 33.2. The highest BCUT2D eigenvalue weighted by atomic mass is 35.5. The van der Waals surface area contributed by atoms with Crippen LogP contribution in [0.3, 0.4) is 0 Å². The summed E-state index contributed by atoms with van der Waals surface area (Å²) < 4.78 is 16.6. The van der Waals surface area contributed by atoms with Crippen molar-refractivity contribution in [2.24, 2.45) is 0 Å². The maximum Gasteiger partial charge on any atom is 0.250 e. The number of H-pyrrole nitrogens is 2. The van der Waals surface area contributed by atoms with Gasteiger partial charge >= 0.3 is 0 Å². The van der Waals surface area contributed by atoms with E-state index in [1.54, 1.807) is 59.2 Å². The van der Waals surface area contributed by atoms with Crippen LogP contribution in [0.25, 0.3) is 22.5 Å². The van der Waals surface area contributed by atoms with Crippen molar-refractivity contribution in [3.05, 3.63) is 118 Å². The third-order valence-electron chi connectivity index (χ3n) is 12.2. The highest BCUT2D eigenvalue weighted by Gasteiger charge is 2.25. The number of halogens is 1. The molecule has 5 aliphatic rings. The Morgan fingerprint density at radius 3 is 1.60 bits per heavy atom. The number of aromatic amines is 2. The van der Waals surface area contributed by atoms with Gasteiger partial charge in [-0.3, -0.25) is 14.5 Å². The van der Waals surface area contributed by atoms with Gasteiger partial charge in [0, 0.05) is 150 Å². The zero-order valence-corrected chi connectivity index (χ0v) is 41.8. The fourth-order valence-corrected chi connectivity index (χ4v) is 13.8. The normalized spacial score (nSPS) is 17.8. The number of hydrogen-bond acceptors (Lipinski definition) is 14. The molecule has 1 atom stereocenters. The predicted molar refractivity (Wildman–Crippen MR) is 280 cm³/mol. The highest BCUT2D eigenvalue weighted by molar-refractivity contribution is 8.05. The number of hydrogen-bond donors (Lipinski definition) is 4. The number of aromatic nitrogens is 2. The molecule has 17 heteroatoms. The summed E-state index contributed by atoms with van der Waals surface area (Å²) in [5.74, 6) is 0.576. The molecule has 5 aliphatic heterocycles. The summed E-state index contributed by atoms with van der Waals surface area (Å²) in [4.78, 5) is 47.8. The maximum absolute atomic E-state index is 12.6. The minimum absolute atomic E-state index is 0.0762. The van der Waals surface area contributed by atoms with Crippen LogP contribution >= 0.6 is 58.6 Å². The predicted octanol–water partition coefficient (Wildman–Crippen LogP) is 9.77. The van der Waals surface area contributed by atoms with Gasteiger partial charge in [0.2, 0.25) is 11.1 Å². The Morgan fingerprint density at radius 2 is 1.10 bits per heavy atom. The van der Waals surface area contributed by atoms with E-state index >= 15 is 0 Å². The fraction of sp³-hybridized carbons (Fsp3) is 0.333. The second-order valence-corrected chi connectivity index (χ2v) is 21.6. The number of ether oxygens (including phenoxy) is 3. The van der Waals surface area contributed by atoms with Gasteiger partial charge in [-0.15, -0.1) is 11.6 Å². The van der Waals surface area contributed by atoms with E-state index in [4.69, 9.17) is 25.8 Å². The van der Waals surface area contributed by atoms with Crippen LogP contribution in [0.15, 0.2) is 146 Å². The molecule has 12 nitrogen and oxygen atoms in total. The molecule has 354 valence electrons. The molecular formula is C51H54ClN7O5S4. The summed E-state index contributed by atoms with van der Waals surface area (Å²) in [6.45, 7) is 13.6. The zero-order chi connectivity index (χ0) is 46.4. The van der Waals surface area contributed by atoms with Crippen molar-refractivity contribution in [3.8, 4) is 22.5 Å². The van der Waals surface area contributed by atoms with E-state index < -0.39 is 0 Å². The van der Waals surface area contributed by atoms with Crippen molar-refractivity contribution in [2.75, 3.05) is 118 Å². The van der Waals surface area contributed by atoms with E-state index in [2.05, 4.69) is 127 Å². The van der Waals surface area contributed by atoms with E-state index in [9.17, 15) is 9.59 Å². The zero-order valence-electron chi connectivity index (χ0n) is 37.8. The molecule has 0 bridgehead atoms. The van der Waals surface area contributed by atoms with Gasteiger partial charge in [0.1, 0.15) is 0 Å². The Labute approximate surface area is 418 Å². The Morgan fingerprint density at radius 1 is 0.588 bits per heavy atom. The average molecular weight is 1010 g/mol. The molecule has 68 heavy (non-hydrogen) atoms. The number of morpholine rings is 3. The molecule has 1 unspecified atom stereocenters. The Bertz CT molecular complexity index is 2870. The number of nitrogens with zero attached hydrogens (tertiary/aromatic N) is 3. The number of benzene rings is 4. The van der Waals surface area contributed by atoms with Crippen LogP contribution < -0.4 is 31.6 Å². The van der Waals surface area contributed by atoms with Crippen molar-refractivity contribution in [2.45, 2.75) is 52.2 Å². The molecule has 4 aromatic carbocycles. The molecule has 0 amide bonds. The van der Waals surface area contributed by atoms with Crippen LogP contribution in [-0.4, -0.2) is 119 Å². The summed E-state index contributed by atoms with van der Waals surface area (Å²) in [6.07, 6.45) is 0.315. The van der Waals surface area contributed by atoms with Crippen LogP contribution in [0.1, 0.15) is 6.92 Å². The van der Waals surface area contributed by atoms with Gasteiger partial charge in [0.15, 0.2) is 0 Å². The third-order valence-corrected chi connectivity index (χ3v) is 17.6. The number of alkyl halides is 1. The summed E-state index contributed by atoms with van der Waals surface area (Å²) in [5, 5.41) is 6.94. The van der Waals surface area contributed by atoms with Gasteiger partial charge in [-0.1, -0.05) is 71.3 Å². The minimum Gasteiger partial charge on any atom is -0.384 e. The first-order chi connectivity index (χ1) is 33.3. The largest absolute Gasteiger partial charge is 0.384 e. The number of fused-ring (bicyclic) bond motifs is 4. The van der Waals surface area contributed by atoms with E-state index in [0.717, 1.165) is 111 Å². The number of pyridine rings is 2. The molecule has 2 aromatic heterocycles. The average Bonchev–Trinajstić information content (AvgIpc) is 3.36. The Kier molecular flexibility index (Phi) is 15.3. The summed E-state index contributed by atoms with van der Waals surface area (Å²) in [7, 11) is 0. The van der Waals surface area contributed by atoms with E-state index in [0.29, 0.717) is 38.4 Å².